The number of hydrogen-bond acceptors (Lipinski definition) is 2. The van der Waals surface area contributed by atoms with E-state index in [4.69, 9.17) is 0 Å². The molecular weight excluding hydrogens is 214 g/mol. The molecule has 0 saturated heterocycles. The molecule has 0 saturated carbocycles. The highest BCUT2D eigenvalue weighted by Crippen LogP contribution is 2.04. The summed E-state index contributed by atoms with van der Waals surface area (Å²) < 4.78 is 0. The molecule has 0 aliphatic carbocycles. The Morgan fingerprint density at radius 3 is 1.57 bits per heavy atom. The van der Waals surface area contributed by atoms with Crippen LogP contribution in [0.2, 0.25) is 0 Å². The van der Waals surface area contributed by atoms with Gasteiger partial charge in [-0.25, -0.2) is 0 Å². The number of hydrogen-bond donors (Lipinski definition) is 1. The van der Waals surface area contributed by atoms with E-state index in [0.29, 0.717) is 0 Å². The van der Waals surface area contributed by atoms with Gasteiger partial charge in [0.25, 0.3) is 0 Å². The van der Waals surface area contributed by atoms with Crippen LogP contribution in [-0.2, 0) is 0 Å². The lowest BCUT2D eigenvalue weighted by molar-refractivity contribution is 0.505. The number of thiol groups is 1. The van der Waals surface area contributed by atoms with Gasteiger partial charge in [0.15, 0.2) is 0 Å². The average molecular weight is 242 g/mol. The van der Waals surface area contributed by atoms with Crippen LogP contribution < -0.4 is 0 Å². The van der Waals surface area contributed by atoms with Gasteiger partial charge in [-0.1, -0.05) is 39.0 Å². The smallest absolute Gasteiger partial charge is 0.00979 e. The standard InChI is InChI=1S/C8H18S.C3H9N.ClH/c1-2-3-4-5-6-7-8-9;1-4(2)3;/h9H,2-8H2,1H3;1-3H3;1H. The van der Waals surface area contributed by atoms with Gasteiger partial charge in [0.2, 0.25) is 0 Å². The van der Waals surface area contributed by atoms with Crippen molar-refractivity contribution in [3.63, 3.8) is 0 Å². The van der Waals surface area contributed by atoms with Crippen molar-refractivity contribution in [2.75, 3.05) is 26.9 Å². The van der Waals surface area contributed by atoms with Crippen LogP contribution >= 0.6 is 25.0 Å². The molecule has 0 bridgehead atoms. The van der Waals surface area contributed by atoms with Gasteiger partial charge in [-0.2, -0.15) is 12.6 Å². The maximum atomic E-state index is 4.15. The zero-order chi connectivity index (χ0) is 10.5. The van der Waals surface area contributed by atoms with Crippen molar-refractivity contribution in [3.8, 4) is 0 Å². The molecule has 0 fully saturated rings. The molecular formula is C11H28ClNS. The third-order valence-electron chi connectivity index (χ3n) is 1.51. The van der Waals surface area contributed by atoms with Crippen LogP contribution in [0.15, 0.2) is 0 Å². The van der Waals surface area contributed by atoms with E-state index in [1.165, 1.54) is 38.5 Å². The predicted molar refractivity (Wildman–Crippen MR) is 74.1 cm³/mol. The van der Waals surface area contributed by atoms with Crippen LogP contribution in [-0.4, -0.2) is 31.8 Å². The van der Waals surface area contributed by atoms with Gasteiger partial charge in [-0.3, -0.25) is 0 Å². The molecule has 0 amide bonds. The fraction of sp³-hybridized carbons (Fsp3) is 1.00. The first-order valence-electron chi connectivity index (χ1n) is 5.36. The molecule has 0 rings (SSSR count). The normalized spacial score (nSPS) is 9.00. The zero-order valence-electron chi connectivity index (χ0n) is 10.3. The molecule has 0 atom stereocenters. The van der Waals surface area contributed by atoms with E-state index in [1.807, 2.05) is 26.0 Å². The van der Waals surface area contributed by atoms with Crippen molar-refractivity contribution in [2.24, 2.45) is 0 Å². The van der Waals surface area contributed by atoms with E-state index in [1.54, 1.807) is 0 Å². The number of rotatable bonds is 6. The van der Waals surface area contributed by atoms with Gasteiger partial charge in [-0.05, 0) is 33.3 Å². The summed E-state index contributed by atoms with van der Waals surface area (Å²) in [5, 5.41) is 0. The summed E-state index contributed by atoms with van der Waals surface area (Å²) in [7, 11) is 6.00. The van der Waals surface area contributed by atoms with Crippen molar-refractivity contribution in [1.82, 2.24) is 4.90 Å². The maximum Gasteiger partial charge on any atom is -0.00979 e. The Morgan fingerprint density at radius 1 is 0.857 bits per heavy atom. The third kappa shape index (κ3) is 38.9. The van der Waals surface area contributed by atoms with Crippen molar-refractivity contribution in [2.45, 2.75) is 45.4 Å². The summed E-state index contributed by atoms with van der Waals surface area (Å²) in [6, 6.07) is 0. The highest BCUT2D eigenvalue weighted by atomic mass is 35.5. The minimum Gasteiger partial charge on any atom is -0.312 e. The number of nitrogens with zero attached hydrogens (tertiary/aromatic N) is 1. The lowest BCUT2D eigenvalue weighted by atomic mass is 10.1. The Balaban J connectivity index is -0.000000209. The third-order valence-corrected chi connectivity index (χ3v) is 1.83. The average Bonchev–Trinajstić information content (AvgIpc) is 2.03. The van der Waals surface area contributed by atoms with Crippen molar-refractivity contribution in [3.05, 3.63) is 0 Å². The van der Waals surface area contributed by atoms with Gasteiger partial charge in [-0.15, -0.1) is 12.4 Å². The monoisotopic (exact) mass is 241 g/mol. The first kappa shape index (κ1) is 20.1. The minimum absolute atomic E-state index is 0. The van der Waals surface area contributed by atoms with Gasteiger partial charge in [0, 0.05) is 0 Å². The highest BCUT2D eigenvalue weighted by molar-refractivity contribution is 7.80. The van der Waals surface area contributed by atoms with E-state index in [2.05, 4.69) is 19.6 Å². The topological polar surface area (TPSA) is 3.24 Å². The van der Waals surface area contributed by atoms with Crippen LogP contribution in [0.5, 0.6) is 0 Å². The Kier molecular flexibility index (Phi) is 27.5. The Morgan fingerprint density at radius 2 is 1.21 bits per heavy atom. The van der Waals surface area contributed by atoms with E-state index in [9.17, 15) is 0 Å². The highest BCUT2D eigenvalue weighted by Gasteiger charge is 1.86. The maximum absolute atomic E-state index is 4.15. The molecule has 0 aliphatic rings. The van der Waals surface area contributed by atoms with E-state index in [-0.39, 0.29) is 12.4 Å². The summed E-state index contributed by atoms with van der Waals surface area (Å²) in [4.78, 5) is 2.00. The predicted octanol–water partition coefficient (Wildman–Crippen LogP) is 3.88. The second-order valence-electron chi connectivity index (χ2n) is 3.83. The van der Waals surface area contributed by atoms with Crippen molar-refractivity contribution >= 4 is 25.0 Å². The first-order chi connectivity index (χ1) is 6.15. The zero-order valence-corrected chi connectivity index (χ0v) is 12.0. The summed E-state index contributed by atoms with van der Waals surface area (Å²) in [6.07, 6.45) is 8.27. The molecule has 0 unspecified atom stereocenters. The van der Waals surface area contributed by atoms with Gasteiger partial charge in [0.1, 0.15) is 0 Å². The van der Waals surface area contributed by atoms with Crippen LogP contribution in [0, 0.1) is 0 Å². The molecule has 0 aromatic carbocycles. The largest absolute Gasteiger partial charge is 0.312 e. The lowest BCUT2D eigenvalue weighted by Crippen LogP contribution is -1.99. The molecule has 0 aromatic heterocycles. The molecule has 0 heterocycles. The molecule has 3 heteroatoms. The van der Waals surface area contributed by atoms with Gasteiger partial charge in [0.05, 0.1) is 0 Å². The summed E-state index contributed by atoms with van der Waals surface area (Å²) >= 11 is 4.15. The van der Waals surface area contributed by atoms with Gasteiger partial charge < -0.3 is 4.90 Å². The molecule has 1 nitrogen and oxygen atoms in total. The second-order valence-corrected chi connectivity index (χ2v) is 4.28. The minimum atomic E-state index is 0. The van der Waals surface area contributed by atoms with E-state index >= 15 is 0 Å². The Hall–Kier alpha value is 0.600. The molecule has 0 radical (unpaired) electrons. The van der Waals surface area contributed by atoms with Crippen LogP contribution in [0.4, 0.5) is 0 Å². The van der Waals surface area contributed by atoms with Crippen LogP contribution in [0.3, 0.4) is 0 Å². The van der Waals surface area contributed by atoms with Crippen LogP contribution in [0.25, 0.3) is 0 Å². The van der Waals surface area contributed by atoms with Gasteiger partial charge >= 0.3 is 0 Å². The summed E-state index contributed by atoms with van der Waals surface area (Å²) in [6.45, 7) is 2.25. The van der Waals surface area contributed by atoms with E-state index in [0.717, 1.165) is 5.75 Å². The summed E-state index contributed by atoms with van der Waals surface area (Å²) in [5.74, 6) is 1.06. The van der Waals surface area contributed by atoms with Crippen molar-refractivity contribution in [1.29, 1.82) is 0 Å². The molecule has 0 aromatic rings. The molecule has 0 N–H and O–H groups in total. The fourth-order valence-electron chi connectivity index (χ4n) is 0.892. The van der Waals surface area contributed by atoms with Crippen LogP contribution in [0.1, 0.15) is 45.4 Å². The molecule has 0 spiro atoms. The van der Waals surface area contributed by atoms with Crippen molar-refractivity contribution < 1.29 is 0 Å². The molecule has 90 valence electrons. The molecule has 0 aliphatic heterocycles. The Bertz CT molecular complexity index is 70.9. The summed E-state index contributed by atoms with van der Waals surface area (Å²) in [5.41, 5.74) is 0. The lowest BCUT2D eigenvalue weighted by Gasteiger charge is -1.95. The quantitative estimate of drug-likeness (QED) is 0.546. The fourth-order valence-corrected chi connectivity index (χ4v) is 1.12. The SMILES string of the molecule is CCCCCCCCS.CN(C)C.Cl. The first-order valence-corrected chi connectivity index (χ1v) is 6.00. The molecule has 14 heavy (non-hydrogen) atoms. The van der Waals surface area contributed by atoms with E-state index < -0.39 is 0 Å². The number of unbranched alkanes of at least 4 members (excludes halogenated alkanes) is 5. The second kappa shape index (κ2) is 19.2. The Labute approximate surface area is 102 Å². The number of halogens is 1.